The molecule has 2 unspecified atom stereocenters. The topological polar surface area (TPSA) is 26.0 Å². The minimum absolute atomic E-state index is 0.456. The van der Waals surface area contributed by atoms with E-state index in [1.807, 2.05) is 0 Å². The average Bonchev–Trinajstić information content (AvgIpc) is 2.35. The van der Waals surface area contributed by atoms with Crippen LogP contribution in [0.2, 0.25) is 0 Å². The Morgan fingerprint density at radius 1 is 1.12 bits per heavy atom. The third kappa shape index (κ3) is 4.08. The van der Waals surface area contributed by atoms with Crippen LogP contribution in [0.25, 0.3) is 0 Å². The smallest absolute Gasteiger partial charge is 0.00928 e. The minimum Gasteiger partial charge on any atom is -0.327 e. The summed E-state index contributed by atoms with van der Waals surface area (Å²) < 4.78 is 0. The summed E-state index contributed by atoms with van der Waals surface area (Å²) in [5.41, 5.74) is 6.35. The summed E-state index contributed by atoms with van der Waals surface area (Å²) in [5, 5.41) is 0. The summed E-state index contributed by atoms with van der Waals surface area (Å²) >= 11 is 0. The van der Waals surface area contributed by atoms with Crippen LogP contribution < -0.4 is 5.73 Å². The van der Waals surface area contributed by atoms with Gasteiger partial charge in [0.1, 0.15) is 0 Å². The number of hydrogen-bond acceptors (Lipinski definition) is 1. The highest BCUT2D eigenvalue weighted by molar-refractivity contribution is 4.82. The quantitative estimate of drug-likeness (QED) is 0.714. The Labute approximate surface area is 102 Å². The molecule has 0 spiro atoms. The molecule has 0 aromatic rings. The van der Waals surface area contributed by atoms with Gasteiger partial charge in [0, 0.05) is 6.04 Å². The molecule has 1 heteroatoms. The lowest BCUT2D eigenvalue weighted by atomic mass is 9.74. The summed E-state index contributed by atoms with van der Waals surface area (Å²) in [6.45, 7) is 6.87. The SMILES string of the molecule is CCCCC1CCC(C(N)C(C)CC)CC1. The van der Waals surface area contributed by atoms with Crippen molar-refractivity contribution in [3.8, 4) is 0 Å². The highest BCUT2D eigenvalue weighted by atomic mass is 14.7. The third-order valence-corrected chi connectivity index (χ3v) is 4.70. The Kier molecular flexibility index (Phi) is 6.41. The van der Waals surface area contributed by atoms with Crippen LogP contribution in [-0.2, 0) is 0 Å². The first kappa shape index (κ1) is 14.0. The molecule has 2 N–H and O–H groups in total. The van der Waals surface area contributed by atoms with E-state index >= 15 is 0 Å². The Morgan fingerprint density at radius 2 is 1.75 bits per heavy atom. The lowest BCUT2D eigenvalue weighted by molar-refractivity contribution is 0.201. The zero-order valence-electron chi connectivity index (χ0n) is 11.5. The first-order valence-electron chi connectivity index (χ1n) is 7.44. The molecular weight excluding hydrogens is 194 g/mol. The van der Waals surface area contributed by atoms with Gasteiger partial charge in [0.05, 0.1) is 0 Å². The van der Waals surface area contributed by atoms with Gasteiger partial charge in [-0.2, -0.15) is 0 Å². The second-order valence-corrected chi connectivity index (χ2v) is 5.89. The second-order valence-electron chi connectivity index (χ2n) is 5.89. The van der Waals surface area contributed by atoms with Gasteiger partial charge in [0.2, 0.25) is 0 Å². The van der Waals surface area contributed by atoms with E-state index in [9.17, 15) is 0 Å². The van der Waals surface area contributed by atoms with Gasteiger partial charge in [-0.3, -0.25) is 0 Å². The van der Waals surface area contributed by atoms with Crippen molar-refractivity contribution in [3.63, 3.8) is 0 Å². The molecular formula is C15H31N. The molecule has 0 saturated heterocycles. The molecule has 2 atom stereocenters. The number of hydrogen-bond donors (Lipinski definition) is 1. The molecule has 1 aliphatic rings. The fourth-order valence-corrected chi connectivity index (χ4v) is 3.09. The van der Waals surface area contributed by atoms with E-state index in [0.717, 1.165) is 11.8 Å². The Balaban J connectivity index is 2.25. The Hall–Kier alpha value is -0.0400. The summed E-state index contributed by atoms with van der Waals surface area (Å²) in [7, 11) is 0. The lowest BCUT2D eigenvalue weighted by Crippen LogP contribution is -2.38. The van der Waals surface area contributed by atoms with E-state index in [1.54, 1.807) is 0 Å². The van der Waals surface area contributed by atoms with Crippen molar-refractivity contribution in [2.24, 2.45) is 23.5 Å². The van der Waals surface area contributed by atoms with Crippen LogP contribution in [0.4, 0.5) is 0 Å². The van der Waals surface area contributed by atoms with Gasteiger partial charge in [0.15, 0.2) is 0 Å². The summed E-state index contributed by atoms with van der Waals surface area (Å²) in [5.74, 6) is 2.53. The molecule has 0 heterocycles. The second kappa shape index (κ2) is 7.32. The Morgan fingerprint density at radius 3 is 2.25 bits per heavy atom. The maximum Gasteiger partial charge on any atom is 0.00928 e. The summed E-state index contributed by atoms with van der Waals surface area (Å²) in [6.07, 6.45) is 11.1. The van der Waals surface area contributed by atoms with E-state index in [-0.39, 0.29) is 0 Å². The van der Waals surface area contributed by atoms with Crippen molar-refractivity contribution in [3.05, 3.63) is 0 Å². The molecule has 0 aromatic heterocycles. The fraction of sp³-hybridized carbons (Fsp3) is 1.00. The first-order chi connectivity index (χ1) is 7.69. The zero-order valence-corrected chi connectivity index (χ0v) is 11.5. The van der Waals surface area contributed by atoms with Crippen LogP contribution in [0.15, 0.2) is 0 Å². The van der Waals surface area contributed by atoms with Crippen LogP contribution in [0.1, 0.15) is 72.1 Å². The van der Waals surface area contributed by atoms with Crippen LogP contribution in [-0.4, -0.2) is 6.04 Å². The maximum absolute atomic E-state index is 6.35. The molecule has 16 heavy (non-hydrogen) atoms. The van der Waals surface area contributed by atoms with Crippen molar-refractivity contribution in [1.82, 2.24) is 0 Å². The van der Waals surface area contributed by atoms with Gasteiger partial charge in [0.25, 0.3) is 0 Å². The van der Waals surface area contributed by atoms with Crippen molar-refractivity contribution in [1.29, 1.82) is 0 Å². The van der Waals surface area contributed by atoms with Crippen molar-refractivity contribution in [2.45, 2.75) is 78.2 Å². The summed E-state index contributed by atoms with van der Waals surface area (Å²) in [4.78, 5) is 0. The predicted octanol–water partition coefficient (Wildman–Crippen LogP) is 4.36. The van der Waals surface area contributed by atoms with Crippen molar-refractivity contribution < 1.29 is 0 Å². The standard InChI is InChI=1S/C15H31N/c1-4-6-7-13-8-10-14(11-9-13)15(16)12(3)5-2/h12-15H,4-11,16H2,1-3H3. The van der Waals surface area contributed by atoms with Gasteiger partial charge < -0.3 is 5.73 Å². The van der Waals surface area contributed by atoms with E-state index in [2.05, 4.69) is 20.8 Å². The molecule has 0 aromatic carbocycles. The van der Waals surface area contributed by atoms with Gasteiger partial charge in [-0.25, -0.2) is 0 Å². The average molecular weight is 225 g/mol. The maximum atomic E-state index is 6.35. The normalized spacial score (nSPS) is 30.0. The summed E-state index contributed by atoms with van der Waals surface area (Å²) in [6, 6.07) is 0.456. The predicted molar refractivity (Wildman–Crippen MR) is 72.4 cm³/mol. The van der Waals surface area contributed by atoms with Gasteiger partial charge in [-0.15, -0.1) is 0 Å². The zero-order chi connectivity index (χ0) is 12.0. The van der Waals surface area contributed by atoms with Crippen molar-refractivity contribution >= 4 is 0 Å². The van der Waals surface area contributed by atoms with Crippen LogP contribution in [0.3, 0.4) is 0 Å². The minimum atomic E-state index is 0.456. The van der Waals surface area contributed by atoms with Gasteiger partial charge in [-0.05, 0) is 30.6 Å². The first-order valence-corrected chi connectivity index (χ1v) is 7.44. The fourth-order valence-electron chi connectivity index (χ4n) is 3.09. The van der Waals surface area contributed by atoms with Crippen molar-refractivity contribution in [2.75, 3.05) is 0 Å². The molecule has 1 saturated carbocycles. The lowest BCUT2D eigenvalue weighted by Gasteiger charge is -2.34. The van der Waals surface area contributed by atoms with Gasteiger partial charge >= 0.3 is 0 Å². The van der Waals surface area contributed by atoms with E-state index in [0.29, 0.717) is 12.0 Å². The molecule has 0 radical (unpaired) electrons. The van der Waals surface area contributed by atoms with Crippen LogP contribution in [0, 0.1) is 17.8 Å². The monoisotopic (exact) mass is 225 g/mol. The third-order valence-electron chi connectivity index (χ3n) is 4.70. The largest absolute Gasteiger partial charge is 0.327 e. The number of nitrogens with two attached hydrogens (primary N) is 1. The Bertz CT molecular complexity index is 170. The van der Waals surface area contributed by atoms with Crippen LogP contribution in [0.5, 0.6) is 0 Å². The van der Waals surface area contributed by atoms with Crippen LogP contribution >= 0.6 is 0 Å². The highest BCUT2D eigenvalue weighted by Gasteiger charge is 2.27. The van der Waals surface area contributed by atoms with Gasteiger partial charge in [-0.1, -0.05) is 59.3 Å². The molecule has 1 aliphatic carbocycles. The van der Waals surface area contributed by atoms with E-state index in [4.69, 9.17) is 5.73 Å². The molecule has 0 bridgehead atoms. The molecule has 0 aliphatic heterocycles. The molecule has 1 rings (SSSR count). The molecule has 96 valence electrons. The molecule has 1 nitrogen and oxygen atoms in total. The molecule has 1 fully saturated rings. The van der Waals surface area contributed by atoms with E-state index < -0.39 is 0 Å². The molecule has 0 amide bonds. The van der Waals surface area contributed by atoms with E-state index in [1.165, 1.54) is 51.4 Å². The highest BCUT2D eigenvalue weighted by Crippen LogP contribution is 2.34. The number of rotatable bonds is 6. The number of unbranched alkanes of at least 4 members (excludes halogenated alkanes) is 1.